The molecule has 1 aliphatic heterocycles. The number of nitrogens with one attached hydrogen (secondary N) is 1. The van der Waals surface area contributed by atoms with Gasteiger partial charge in [-0.05, 0) is 32.2 Å². The average Bonchev–Trinajstić information content (AvgIpc) is 2.94. The molecule has 0 radical (unpaired) electrons. The number of nitrogens with zero attached hydrogens (tertiary/aromatic N) is 3. The summed E-state index contributed by atoms with van der Waals surface area (Å²) < 4.78 is 5.11. The van der Waals surface area contributed by atoms with Crippen molar-refractivity contribution in [2.45, 2.75) is 37.8 Å². The smallest absolute Gasteiger partial charge is 0.323 e. The summed E-state index contributed by atoms with van der Waals surface area (Å²) in [5.74, 6) is -1.16. The predicted molar refractivity (Wildman–Crippen MR) is 66.0 cm³/mol. The zero-order valence-corrected chi connectivity index (χ0v) is 10.9. The number of carboxylic acid groups (broad SMARTS) is 1. The third-order valence-electron chi connectivity index (χ3n) is 3.55. The number of rotatable bonds is 5. The molecule has 8 nitrogen and oxygen atoms in total. The van der Waals surface area contributed by atoms with Gasteiger partial charge in [-0.15, -0.1) is 0 Å². The highest BCUT2D eigenvalue weighted by Crippen LogP contribution is 2.28. The quantitative estimate of drug-likeness (QED) is 0.792. The minimum Gasteiger partial charge on any atom is -0.480 e. The molecular formula is C12H16N4O4. The van der Waals surface area contributed by atoms with E-state index in [1.807, 2.05) is 0 Å². The second-order valence-electron chi connectivity index (χ2n) is 5.16. The third-order valence-corrected chi connectivity index (χ3v) is 3.55. The highest BCUT2D eigenvalue weighted by Gasteiger charge is 2.36. The van der Waals surface area contributed by atoms with Gasteiger partial charge in [0.25, 0.3) is 11.7 Å². The number of hydrogen-bond acceptors (Lipinski definition) is 6. The fourth-order valence-electron chi connectivity index (χ4n) is 2.39. The monoisotopic (exact) mass is 280 g/mol. The fraction of sp³-hybridized carbons (Fsp3) is 0.667. The van der Waals surface area contributed by atoms with Crippen LogP contribution >= 0.6 is 0 Å². The van der Waals surface area contributed by atoms with E-state index in [0.717, 1.165) is 32.2 Å². The predicted octanol–water partition coefficient (Wildman–Crippen LogP) is 0.183. The molecule has 1 aliphatic carbocycles. The summed E-state index contributed by atoms with van der Waals surface area (Å²) in [5, 5.41) is 15.8. The normalized spacial score (nSPS) is 21.9. The summed E-state index contributed by atoms with van der Waals surface area (Å²) >= 11 is 0. The summed E-state index contributed by atoms with van der Waals surface area (Å²) in [5.41, 5.74) is 0. The lowest BCUT2D eigenvalue weighted by Gasteiger charge is -2.17. The Kier molecular flexibility index (Phi) is 3.39. The summed E-state index contributed by atoms with van der Waals surface area (Å²) in [6.45, 7) is 0.568. The van der Waals surface area contributed by atoms with Crippen LogP contribution in [0, 0.1) is 0 Å². The lowest BCUT2D eigenvalue weighted by Crippen LogP contribution is -2.38. The molecule has 2 N–H and O–H groups in total. The molecule has 108 valence electrons. The van der Waals surface area contributed by atoms with E-state index >= 15 is 0 Å². The van der Waals surface area contributed by atoms with Gasteiger partial charge in [0.05, 0.1) is 6.04 Å². The first-order chi connectivity index (χ1) is 9.65. The molecule has 1 saturated heterocycles. The number of carbonyl (C=O) groups is 2. The first kappa shape index (κ1) is 13.0. The van der Waals surface area contributed by atoms with Crippen LogP contribution in [0.15, 0.2) is 4.52 Å². The van der Waals surface area contributed by atoms with Crippen molar-refractivity contribution < 1.29 is 19.2 Å². The maximum Gasteiger partial charge on any atom is 0.323 e. The molecular weight excluding hydrogens is 264 g/mol. The van der Waals surface area contributed by atoms with E-state index in [-0.39, 0.29) is 24.5 Å². The molecule has 20 heavy (non-hydrogen) atoms. The van der Waals surface area contributed by atoms with Crippen LogP contribution in [0.3, 0.4) is 0 Å². The molecule has 3 rings (SSSR count). The summed E-state index contributed by atoms with van der Waals surface area (Å²) in [7, 11) is 0. The van der Waals surface area contributed by atoms with Gasteiger partial charge in [0.2, 0.25) is 5.89 Å². The van der Waals surface area contributed by atoms with Crippen LogP contribution in [0.1, 0.15) is 48.2 Å². The van der Waals surface area contributed by atoms with Gasteiger partial charge < -0.3 is 19.8 Å². The summed E-state index contributed by atoms with van der Waals surface area (Å²) in [6.07, 6.45) is 3.59. The van der Waals surface area contributed by atoms with Gasteiger partial charge in [-0.1, -0.05) is 5.16 Å². The highest BCUT2D eigenvalue weighted by molar-refractivity contribution is 5.92. The third kappa shape index (κ3) is 2.64. The van der Waals surface area contributed by atoms with Crippen LogP contribution in [0.5, 0.6) is 0 Å². The minimum atomic E-state index is -1.04. The number of amides is 1. The van der Waals surface area contributed by atoms with E-state index < -0.39 is 11.9 Å². The van der Waals surface area contributed by atoms with Crippen molar-refractivity contribution in [2.75, 3.05) is 13.1 Å². The minimum absolute atomic E-state index is 0.00195. The first-order valence-corrected chi connectivity index (χ1v) is 6.75. The zero-order valence-electron chi connectivity index (χ0n) is 10.9. The highest BCUT2D eigenvalue weighted by atomic mass is 16.5. The molecule has 0 bridgehead atoms. The molecule has 2 aliphatic rings. The Bertz CT molecular complexity index is 519. The van der Waals surface area contributed by atoms with Crippen molar-refractivity contribution in [2.24, 2.45) is 0 Å². The maximum absolute atomic E-state index is 12.2. The molecule has 0 spiro atoms. The van der Waals surface area contributed by atoms with Crippen molar-refractivity contribution in [1.82, 2.24) is 20.4 Å². The van der Waals surface area contributed by atoms with Gasteiger partial charge in [0.15, 0.2) is 0 Å². The molecule has 8 heteroatoms. The Labute approximate surface area is 115 Å². The number of hydrogen-bond donors (Lipinski definition) is 2. The molecule has 1 unspecified atom stereocenters. The van der Waals surface area contributed by atoms with Gasteiger partial charge in [-0.25, -0.2) is 0 Å². The van der Waals surface area contributed by atoms with E-state index in [9.17, 15) is 9.59 Å². The second-order valence-corrected chi connectivity index (χ2v) is 5.16. The van der Waals surface area contributed by atoms with E-state index in [1.54, 1.807) is 0 Å². The Morgan fingerprint density at radius 2 is 2.20 bits per heavy atom. The molecule has 1 aromatic rings. The molecule has 2 heterocycles. The number of carbonyl (C=O) groups excluding carboxylic acids is 1. The SMILES string of the molecule is O=C(O)CN(C(=O)c1noc(C2CCCN2)n1)C1CC1. The van der Waals surface area contributed by atoms with Crippen molar-refractivity contribution in [3.8, 4) is 0 Å². The molecule has 0 aromatic carbocycles. The van der Waals surface area contributed by atoms with Crippen LogP contribution in [0.2, 0.25) is 0 Å². The average molecular weight is 280 g/mol. The van der Waals surface area contributed by atoms with Crippen molar-refractivity contribution in [1.29, 1.82) is 0 Å². The van der Waals surface area contributed by atoms with Gasteiger partial charge in [-0.3, -0.25) is 9.59 Å². The summed E-state index contributed by atoms with van der Waals surface area (Å²) in [4.78, 5) is 28.5. The van der Waals surface area contributed by atoms with Crippen LogP contribution in [-0.4, -0.2) is 51.2 Å². The zero-order chi connectivity index (χ0) is 14.1. The lowest BCUT2D eigenvalue weighted by molar-refractivity contribution is -0.137. The van der Waals surface area contributed by atoms with Crippen molar-refractivity contribution >= 4 is 11.9 Å². The molecule has 2 fully saturated rings. The second kappa shape index (κ2) is 5.20. The van der Waals surface area contributed by atoms with E-state index in [4.69, 9.17) is 9.63 Å². The fourth-order valence-corrected chi connectivity index (χ4v) is 2.39. The first-order valence-electron chi connectivity index (χ1n) is 6.75. The van der Waals surface area contributed by atoms with Crippen LogP contribution in [0.25, 0.3) is 0 Å². The van der Waals surface area contributed by atoms with Crippen molar-refractivity contribution in [3.63, 3.8) is 0 Å². The Hall–Kier alpha value is -1.96. The standard InChI is InChI=1S/C12H16N4O4/c17-9(18)6-16(7-3-4-7)12(19)10-14-11(20-15-10)8-2-1-5-13-8/h7-8,13H,1-6H2,(H,17,18). The van der Waals surface area contributed by atoms with Gasteiger partial charge >= 0.3 is 5.97 Å². The van der Waals surface area contributed by atoms with E-state index in [1.165, 1.54) is 4.90 Å². The molecule has 1 atom stereocenters. The van der Waals surface area contributed by atoms with Crippen LogP contribution in [0.4, 0.5) is 0 Å². The molecule has 1 saturated carbocycles. The number of aliphatic carboxylic acids is 1. The van der Waals surface area contributed by atoms with Gasteiger partial charge in [-0.2, -0.15) is 4.98 Å². The Morgan fingerprint density at radius 1 is 1.40 bits per heavy atom. The van der Waals surface area contributed by atoms with Crippen molar-refractivity contribution in [3.05, 3.63) is 11.7 Å². The topological polar surface area (TPSA) is 109 Å². The van der Waals surface area contributed by atoms with Crippen LogP contribution < -0.4 is 5.32 Å². The lowest BCUT2D eigenvalue weighted by atomic mass is 10.2. The van der Waals surface area contributed by atoms with Crippen LogP contribution in [-0.2, 0) is 4.79 Å². The van der Waals surface area contributed by atoms with Gasteiger partial charge in [0.1, 0.15) is 6.54 Å². The van der Waals surface area contributed by atoms with E-state index in [0.29, 0.717) is 5.89 Å². The summed E-state index contributed by atoms with van der Waals surface area (Å²) in [6, 6.07) is -0.0111. The molecule has 1 aromatic heterocycles. The molecule has 1 amide bonds. The Balaban J connectivity index is 1.73. The van der Waals surface area contributed by atoms with E-state index in [2.05, 4.69) is 15.5 Å². The largest absolute Gasteiger partial charge is 0.480 e. The maximum atomic E-state index is 12.2. The number of carboxylic acids is 1. The Morgan fingerprint density at radius 3 is 2.80 bits per heavy atom. The number of aromatic nitrogens is 2. The van der Waals surface area contributed by atoms with Gasteiger partial charge in [0, 0.05) is 6.04 Å².